The van der Waals surface area contributed by atoms with Crippen molar-refractivity contribution < 1.29 is 14.3 Å². The van der Waals surface area contributed by atoms with Crippen LogP contribution >= 0.6 is 0 Å². The third-order valence-electron chi connectivity index (χ3n) is 1.55. The van der Waals surface area contributed by atoms with Crippen LogP contribution < -0.4 is 0 Å². The Kier molecular flexibility index (Phi) is 5.44. The summed E-state index contributed by atoms with van der Waals surface area (Å²) >= 11 is 0. The van der Waals surface area contributed by atoms with E-state index in [-0.39, 0.29) is 59.1 Å². The number of carbonyl (C=O) groups excluding carboxylic acids is 2. The quantitative estimate of drug-likeness (QED) is 0.337. The average Bonchev–Trinajstić information content (AvgIpc) is 2.30. The third kappa shape index (κ3) is 2.43. The second-order valence-electron chi connectivity index (χ2n) is 2.22. The number of hydrogen-bond acceptors (Lipinski definition) is 3. The van der Waals surface area contributed by atoms with Gasteiger partial charge in [-0.25, -0.2) is 9.59 Å². The molecule has 0 bridgehead atoms. The Morgan fingerprint density at radius 1 is 0.846 bits per heavy atom. The summed E-state index contributed by atoms with van der Waals surface area (Å²) in [6.07, 6.45) is 0. The van der Waals surface area contributed by atoms with Gasteiger partial charge >= 0.3 is 11.9 Å². The van der Waals surface area contributed by atoms with Crippen LogP contribution in [0, 0.1) is 0 Å². The van der Waals surface area contributed by atoms with Gasteiger partial charge in [-0.2, -0.15) is 0 Å². The van der Waals surface area contributed by atoms with Gasteiger partial charge in [-0.1, -0.05) is 12.1 Å². The van der Waals surface area contributed by atoms with Crippen molar-refractivity contribution in [2.45, 2.75) is 0 Å². The van der Waals surface area contributed by atoms with E-state index >= 15 is 0 Å². The maximum Gasteiger partial charge on any atom is 0.346 e. The topological polar surface area (TPSA) is 43.4 Å². The molecule has 0 unspecified atom stereocenters. The van der Waals surface area contributed by atoms with E-state index in [9.17, 15) is 9.59 Å². The molecule has 0 N–H and O–H groups in total. The van der Waals surface area contributed by atoms with Gasteiger partial charge in [0, 0.05) is 59.1 Å². The molecule has 2 rings (SSSR count). The van der Waals surface area contributed by atoms with Crippen LogP contribution in [0.5, 0.6) is 0 Å². The van der Waals surface area contributed by atoms with Gasteiger partial charge in [0.2, 0.25) is 0 Å². The zero-order valence-electron chi connectivity index (χ0n) is 7.53. The molecule has 1 aromatic carbocycles. The number of ether oxygens (including phenoxy) is 1. The van der Waals surface area contributed by atoms with Crippen LogP contribution in [0.15, 0.2) is 24.3 Å². The second kappa shape index (κ2) is 5.29. The minimum Gasteiger partial charge on any atom is -0.386 e. The van der Waals surface area contributed by atoms with Crippen LogP contribution in [0.3, 0.4) is 0 Å². The Hall–Kier alpha value is 0.360. The Morgan fingerprint density at radius 2 is 1.23 bits per heavy atom. The Labute approximate surface area is 119 Å². The summed E-state index contributed by atoms with van der Waals surface area (Å²) in [5.74, 6) is -1.10. The number of rotatable bonds is 0. The molecule has 0 aliphatic carbocycles. The standard InChI is InChI=1S/C8H4O3.2Na/c9-7-5-3-1-2-4-6(5)8(10)11-7;;/h1-4H;;. The molecule has 0 atom stereocenters. The SMILES string of the molecule is O=C1OC(=O)c2ccccc21.[Na].[Na]. The molecular weight excluding hydrogens is 190 g/mol. The predicted molar refractivity (Wildman–Crippen MR) is 47.7 cm³/mol. The van der Waals surface area contributed by atoms with Gasteiger partial charge in [-0.3, -0.25) is 0 Å². The fraction of sp³-hybridized carbons (Fsp3) is 0. The van der Waals surface area contributed by atoms with Gasteiger partial charge in [0.1, 0.15) is 0 Å². The predicted octanol–water partition coefficient (Wildman–Crippen LogP) is 0.236. The van der Waals surface area contributed by atoms with Gasteiger partial charge in [-0.05, 0) is 12.1 Å². The third-order valence-corrected chi connectivity index (χ3v) is 1.55. The van der Waals surface area contributed by atoms with Crippen molar-refractivity contribution in [3.8, 4) is 0 Å². The molecule has 1 heterocycles. The zero-order chi connectivity index (χ0) is 7.84. The Balaban J connectivity index is 0.000000720. The van der Waals surface area contributed by atoms with Gasteiger partial charge in [-0.15, -0.1) is 0 Å². The molecule has 5 heteroatoms. The van der Waals surface area contributed by atoms with Crippen LogP contribution in [0.2, 0.25) is 0 Å². The first kappa shape index (κ1) is 13.4. The van der Waals surface area contributed by atoms with E-state index in [1.54, 1.807) is 24.3 Å². The monoisotopic (exact) mass is 194 g/mol. The summed E-state index contributed by atoms with van der Waals surface area (Å²) < 4.78 is 4.35. The van der Waals surface area contributed by atoms with Gasteiger partial charge in [0.15, 0.2) is 0 Å². The summed E-state index contributed by atoms with van der Waals surface area (Å²) in [7, 11) is 0. The molecular formula is C8H4Na2O3. The van der Waals surface area contributed by atoms with Crippen LogP contribution in [-0.4, -0.2) is 71.1 Å². The van der Waals surface area contributed by atoms with Crippen molar-refractivity contribution >= 4 is 71.1 Å². The fourth-order valence-electron chi connectivity index (χ4n) is 1.03. The van der Waals surface area contributed by atoms with E-state index in [0.717, 1.165) is 0 Å². The number of esters is 2. The molecule has 1 aliphatic heterocycles. The molecule has 0 saturated heterocycles. The number of benzene rings is 1. The van der Waals surface area contributed by atoms with Crippen molar-refractivity contribution in [3.63, 3.8) is 0 Å². The normalized spacial score (nSPS) is 12.3. The minimum atomic E-state index is -0.550. The summed E-state index contributed by atoms with van der Waals surface area (Å²) in [5, 5.41) is 0. The maximum absolute atomic E-state index is 10.8. The first-order valence-electron chi connectivity index (χ1n) is 3.14. The number of cyclic esters (lactones) is 2. The second-order valence-corrected chi connectivity index (χ2v) is 2.22. The average molecular weight is 194 g/mol. The first-order chi connectivity index (χ1) is 5.29. The van der Waals surface area contributed by atoms with Crippen molar-refractivity contribution in [1.82, 2.24) is 0 Å². The van der Waals surface area contributed by atoms with Gasteiger partial charge < -0.3 is 4.74 Å². The van der Waals surface area contributed by atoms with Crippen LogP contribution in [0.1, 0.15) is 20.7 Å². The Morgan fingerprint density at radius 3 is 1.62 bits per heavy atom. The molecule has 0 amide bonds. The largest absolute Gasteiger partial charge is 0.386 e. The van der Waals surface area contributed by atoms with E-state index in [2.05, 4.69) is 4.74 Å². The zero-order valence-corrected chi connectivity index (χ0v) is 11.5. The van der Waals surface area contributed by atoms with E-state index in [1.165, 1.54) is 0 Å². The van der Waals surface area contributed by atoms with E-state index < -0.39 is 11.9 Å². The van der Waals surface area contributed by atoms with Crippen LogP contribution in [-0.2, 0) is 4.74 Å². The van der Waals surface area contributed by atoms with E-state index in [0.29, 0.717) is 11.1 Å². The summed E-state index contributed by atoms with van der Waals surface area (Å²) in [6, 6.07) is 6.53. The molecule has 0 spiro atoms. The van der Waals surface area contributed by atoms with Crippen LogP contribution in [0.4, 0.5) is 0 Å². The number of carbonyl (C=O) groups is 2. The fourth-order valence-corrected chi connectivity index (χ4v) is 1.03. The van der Waals surface area contributed by atoms with Crippen molar-refractivity contribution in [2.24, 2.45) is 0 Å². The molecule has 0 saturated carbocycles. The molecule has 0 aromatic heterocycles. The summed E-state index contributed by atoms with van der Waals surface area (Å²) in [4.78, 5) is 21.7. The number of fused-ring (bicyclic) bond motifs is 1. The van der Waals surface area contributed by atoms with Gasteiger partial charge in [0.05, 0.1) is 11.1 Å². The summed E-state index contributed by atoms with van der Waals surface area (Å²) in [5.41, 5.74) is 0.718. The molecule has 1 aliphatic rings. The first-order valence-corrected chi connectivity index (χ1v) is 3.14. The minimum absolute atomic E-state index is 0. The van der Waals surface area contributed by atoms with Crippen molar-refractivity contribution in [3.05, 3.63) is 35.4 Å². The molecule has 1 aromatic rings. The summed E-state index contributed by atoms with van der Waals surface area (Å²) in [6.45, 7) is 0. The van der Waals surface area contributed by atoms with Gasteiger partial charge in [0.25, 0.3) is 0 Å². The molecule has 2 radical (unpaired) electrons. The molecule has 0 fully saturated rings. The number of hydrogen-bond donors (Lipinski definition) is 0. The van der Waals surface area contributed by atoms with Crippen molar-refractivity contribution in [2.75, 3.05) is 0 Å². The maximum atomic E-state index is 10.8. The molecule has 3 nitrogen and oxygen atoms in total. The van der Waals surface area contributed by atoms with E-state index in [1.807, 2.05) is 0 Å². The molecule has 13 heavy (non-hydrogen) atoms. The smallest absolute Gasteiger partial charge is 0.346 e. The van der Waals surface area contributed by atoms with Crippen LogP contribution in [0.25, 0.3) is 0 Å². The van der Waals surface area contributed by atoms with E-state index in [4.69, 9.17) is 0 Å². The molecule has 56 valence electrons. The van der Waals surface area contributed by atoms with Crippen molar-refractivity contribution in [1.29, 1.82) is 0 Å². The Bertz CT molecular complexity index is 316.